The van der Waals surface area contributed by atoms with Crippen molar-refractivity contribution in [2.45, 2.75) is 44.0 Å². The molecule has 1 aromatic carbocycles. The monoisotopic (exact) mass is 236 g/mol. The van der Waals surface area contributed by atoms with Crippen LogP contribution in [0.25, 0.3) is 0 Å². The van der Waals surface area contributed by atoms with Crippen molar-refractivity contribution < 1.29 is 5.11 Å². The van der Waals surface area contributed by atoms with Gasteiger partial charge < -0.3 is 5.11 Å². The van der Waals surface area contributed by atoms with Crippen LogP contribution in [-0.4, -0.2) is 22.2 Å². The van der Waals surface area contributed by atoms with Crippen molar-refractivity contribution in [3.8, 4) is 0 Å². The van der Waals surface area contributed by atoms with E-state index in [1.54, 1.807) is 0 Å². The molecule has 1 nitrogen and oxygen atoms in total. The third-order valence-electron chi connectivity index (χ3n) is 3.21. The van der Waals surface area contributed by atoms with Crippen LogP contribution in [-0.2, 0) is 6.42 Å². The SMILES string of the molecule is Cc1ccc(CC(O)C2CCCCS2)cc1. The lowest BCUT2D eigenvalue weighted by atomic mass is 10.0. The fourth-order valence-corrected chi connectivity index (χ4v) is 3.49. The van der Waals surface area contributed by atoms with Crippen molar-refractivity contribution in [2.75, 3.05) is 5.75 Å². The van der Waals surface area contributed by atoms with Crippen LogP contribution in [0, 0.1) is 6.92 Å². The fourth-order valence-electron chi connectivity index (χ4n) is 2.17. The minimum atomic E-state index is -0.173. The predicted octanol–water partition coefficient (Wildman–Crippen LogP) is 3.18. The quantitative estimate of drug-likeness (QED) is 0.870. The van der Waals surface area contributed by atoms with Crippen molar-refractivity contribution in [1.82, 2.24) is 0 Å². The Bertz CT molecular complexity index is 314. The minimum Gasteiger partial charge on any atom is -0.392 e. The molecule has 88 valence electrons. The Hall–Kier alpha value is -0.470. The van der Waals surface area contributed by atoms with Crippen LogP contribution < -0.4 is 0 Å². The molecular formula is C14H20OS. The van der Waals surface area contributed by atoms with Gasteiger partial charge in [0.2, 0.25) is 0 Å². The number of rotatable bonds is 3. The molecule has 2 heteroatoms. The fraction of sp³-hybridized carbons (Fsp3) is 0.571. The Labute approximate surface area is 102 Å². The van der Waals surface area contributed by atoms with E-state index < -0.39 is 0 Å². The van der Waals surface area contributed by atoms with Gasteiger partial charge in [0.15, 0.2) is 0 Å². The molecule has 2 rings (SSSR count). The van der Waals surface area contributed by atoms with E-state index in [1.165, 1.54) is 36.1 Å². The smallest absolute Gasteiger partial charge is 0.0699 e. The molecular weight excluding hydrogens is 216 g/mol. The maximum Gasteiger partial charge on any atom is 0.0699 e. The average molecular weight is 236 g/mol. The molecule has 0 saturated carbocycles. The first-order chi connectivity index (χ1) is 7.75. The van der Waals surface area contributed by atoms with Gasteiger partial charge in [0.05, 0.1) is 6.10 Å². The van der Waals surface area contributed by atoms with Crippen molar-refractivity contribution in [3.05, 3.63) is 35.4 Å². The Kier molecular flexibility index (Phi) is 4.30. The van der Waals surface area contributed by atoms with E-state index in [9.17, 15) is 5.11 Å². The molecule has 1 aliphatic rings. The lowest BCUT2D eigenvalue weighted by Crippen LogP contribution is -2.27. The molecule has 1 saturated heterocycles. The molecule has 1 N–H and O–H groups in total. The summed E-state index contributed by atoms with van der Waals surface area (Å²) in [6.45, 7) is 2.09. The molecule has 0 bridgehead atoms. The lowest BCUT2D eigenvalue weighted by Gasteiger charge is -2.26. The number of aryl methyl sites for hydroxylation is 1. The van der Waals surface area contributed by atoms with Gasteiger partial charge in [-0.1, -0.05) is 36.2 Å². The van der Waals surface area contributed by atoms with Crippen LogP contribution in [0.5, 0.6) is 0 Å². The van der Waals surface area contributed by atoms with Crippen molar-refractivity contribution in [1.29, 1.82) is 0 Å². The first-order valence-electron chi connectivity index (χ1n) is 6.11. The van der Waals surface area contributed by atoms with E-state index >= 15 is 0 Å². The molecule has 1 aliphatic heterocycles. The highest BCUT2D eigenvalue weighted by Crippen LogP contribution is 2.28. The first-order valence-corrected chi connectivity index (χ1v) is 7.16. The highest BCUT2D eigenvalue weighted by atomic mass is 32.2. The van der Waals surface area contributed by atoms with Gasteiger partial charge in [-0.15, -0.1) is 0 Å². The second kappa shape index (κ2) is 5.74. The molecule has 1 heterocycles. The Morgan fingerprint density at radius 3 is 2.69 bits per heavy atom. The van der Waals surface area contributed by atoms with Gasteiger partial charge >= 0.3 is 0 Å². The standard InChI is InChI=1S/C14H20OS/c1-11-5-7-12(8-6-11)10-13(15)14-4-2-3-9-16-14/h5-8,13-15H,2-4,9-10H2,1H3. The number of benzene rings is 1. The Morgan fingerprint density at radius 1 is 1.31 bits per heavy atom. The molecule has 1 aromatic rings. The van der Waals surface area contributed by atoms with E-state index in [1.807, 2.05) is 11.8 Å². The van der Waals surface area contributed by atoms with Gasteiger partial charge in [0, 0.05) is 5.25 Å². The summed E-state index contributed by atoms with van der Waals surface area (Å²) in [5.74, 6) is 1.22. The van der Waals surface area contributed by atoms with E-state index in [4.69, 9.17) is 0 Å². The molecule has 16 heavy (non-hydrogen) atoms. The van der Waals surface area contributed by atoms with Crippen LogP contribution in [0.1, 0.15) is 30.4 Å². The summed E-state index contributed by atoms with van der Waals surface area (Å²) in [5.41, 5.74) is 2.54. The average Bonchev–Trinajstić information content (AvgIpc) is 2.33. The number of aliphatic hydroxyl groups is 1. The third kappa shape index (κ3) is 3.26. The molecule has 1 fully saturated rings. The zero-order valence-corrected chi connectivity index (χ0v) is 10.7. The maximum atomic E-state index is 10.2. The van der Waals surface area contributed by atoms with Gasteiger partial charge in [0.25, 0.3) is 0 Å². The van der Waals surface area contributed by atoms with Crippen LogP contribution in [0.2, 0.25) is 0 Å². The third-order valence-corrected chi connectivity index (χ3v) is 4.71. The summed E-state index contributed by atoms with van der Waals surface area (Å²) in [6.07, 6.45) is 4.41. The van der Waals surface area contributed by atoms with Crippen LogP contribution in [0.15, 0.2) is 24.3 Å². The Morgan fingerprint density at radius 2 is 2.06 bits per heavy atom. The molecule has 2 atom stereocenters. The summed E-state index contributed by atoms with van der Waals surface area (Å²) in [7, 11) is 0. The minimum absolute atomic E-state index is 0.173. The molecule has 0 amide bonds. The first kappa shape index (κ1) is 12.0. The molecule has 0 radical (unpaired) electrons. The Balaban J connectivity index is 1.90. The second-order valence-electron chi connectivity index (χ2n) is 4.66. The van der Waals surface area contributed by atoms with Gasteiger partial charge in [0.1, 0.15) is 0 Å². The number of aliphatic hydroxyl groups excluding tert-OH is 1. The molecule has 0 spiro atoms. The number of hydrogen-bond donors (Lipinski definition) is 1. The van der Waals surface area contributed by atoms with Gasteiger partial charge in [-0.05, 0) is 37.5 Å². The maximum absolute atomic E-state index is 10.2. The second-order valence-corrected chi connectivity index (χ2v) is 6.01. The van der Waals surface area contributed by atoms with E-state index in [0.717, 1.165) is 6.42 Å². The number of hydrogen-bond acceptors (Lipinski definition) is 2. The highest BCUT2D eigenvalue weighted by molar-refractivity contribution is 8.00. The summed E-state index contributed by atoms with van der Waals surface area (Å²) in [4.78, 5) is 0. The van der Waals surface area contributed by atoms with Gasteiger partial charge in [-0.2, -0.15) is 11.8 Å². The van der Waals surface area contributed by atoms with Crippen molar-refractivity contribution >= 4 is 11.8 Å². The van der Waals surface area contributed by atoms with Gasteiger partial charge in [-0.3, -0.25) is 0 Å². The van der Waals surface area contributed by atoms with E-state index in [-0.39, 0.29) is 6.10 Å². The van der Waals surface area contributed by atoms with Crippen LogP contribution in [0.3, 0.4) is 0 Å². The summed E-state index contributed by atoms with van der Waals surface area (Å²) >= 11 is 1.94. The number of thioether (sulfide) groups is 1. The summed E-state index contributed by atoms with van der Waals surface area (Å²) in [6, 6.07) is 8.50. The van der Waals surface area contributed by atoms with Crippen LogP contribution >= 0.6 is 11.8 Å². The topological polar surface area (TPSA) is 20.2 Å². The lowest BCUT2D eigenvalue weighted by molar-refractivity contribution is 0.166. The molecule has 0 aliphatic carbocycles. The largest absolute Gasteiger partial charge is 0.392 e. The molecule has 2 unspecified atom stereocenters. The highest BCUT2D eigenvalue weighted by Gasteiger charge is 2.22. The summed E-state index contributed by atoms with van der Waals surface area (Å²) in [5, 5.41) is 10.6. The van der Waals surface area contributed by atoms with Crippen molar-refractivity contribution in [3.63, 3.8) is 0 Å². The van der Waals surface area contributed by atoms with E-state index in [2.05, 4.69) is 31.2 Å². The van der Waals surface area contributed by atoms with E-state index in [0.29, 0.717) is 5.25 Å². The zero-order chi connectivity index (χ0) is 11.4. The van der Waals surface area contributed by atoms with Crippen molar-refractivity contribution in [2.24, 2.45) is 0 Å². The van der Waals surface area contributed by atoms with Crippen LogP contribution in [0.4, 0.5) is 0 Å². The summed E-state index contributed by atoms with van der Waals surface area (Å²) < 4.78 is 0. The predicted molar refractivity (Wildman–Crippen MR) is 71.0 cm³/mol. The normalized spacial score (nSPS) is 23.0. The zero-order valence-electron chi connectivity index (χ0n) is 9.86. The van der Waals surface area contributed by atoms with Gasteiger partial charge in [-0.25, -0.2) is 0 Å². The molecule has 0 aromatic heterocycles.